The summed E-state index contributed by atoms with van der Waals surface area (Å²) in [4.78, 5) is 20.6. The number of alkyl carbamates (subject to hydrolysis) is 1. The molecule has 2 rings (SSSR count). The minimum atomic E-state index is -0.629. The molecule has 6 nitrogen and oxygen atoms in total. The Morgan fingerprint density at radius 3 is 2.85 bits per heavy atom. The summed E-state index contributed by atoms with van der Waals surface area (Å²) in [5, 5.41) is 4.46. The van der Waals surface area contributed by atoms with Gasteiger partial charge in [0.05, 0.1) is 17.1 Å². The number of rotatable bonds is 3. The second-order valence-corrected chi connectivity index (χ2v) is 8.23. The maximum Gasteiger partial charge on any atom is 0.412 e. The van der Waals surface area contributed by atoms with E-state index in [1.54, 1.807) is 32.5 Å². The van der Waals surface area contributed by atoms with E-state index in [9.17, 15) is 4.79 Å². The zero-order valence-electron chi connectivity index (χ0n) is 14.9. The van der Waals surface area contributed by atoms with Gasteiger partial charge in [-0.15, -0.1) is 11.8 Å². The number of hydrogen-bond donors (Lipinski definition) is 2. The Balaban J connectivity index is 2.09. The maximum absolute atomic E-state index is 11.8. The van der Waals surface area contributed by atoms with Crippen LogP contribution in [-0.4, -0.2) is 29.1 Å². The van der Waals surface area contributed by atoms with Crippen molar-refractivity contribution in [3.63, 3.8) is 0 Å². The Labute approximate surface area is 165 Å². The molecule has 0 saturated heterocycles. The van der Waals surface area contributed by atoms with E-state index in [1.165, 1.54) is 0 Å². The van der Waals surface area contributed by atoms with Crippen LogP contribution in [0.1, 0.15) is 26.3 Å². The van der Waals surface area contributed by atoms with E-state index in [4.69, 9.17) is 10.5 Å². The van der Waals surface area contributed by atoms with Crippen molar-refractivity contribution in [3.8, 4) is 0 Å². The van der Waals surface area contributed by atoms with Gasteiger partial charge in [0, 0.05) is 10.0 Å². The predicted molar refractivity (Wildman–Crippen MR) is 112 cm³/mol. The minimum Gasteiger partial charge on any atom is -0.444 e. The maximum atomic E-state index is 11.8. The van der Waals surface area contributed by atoms with Gasteiger partial charge in [-0.05, 0) is 38.3 Å². The highest BCUT2D eigenvalue weighted by Gasteiger charge is 2.18. The van der Waals surface area contributed by atoms with Gasteiger partial charge in [0.2, 0.25) is 0 Å². The lowest BCUT2D eigenvalue weighted by atomic mass is 10.2. The number of hydrogen-bond acceptors (Lipinski definition) is 5. The molecule has 0 saturated carbocycles. The Morgan fingerprint density at radius 1 is 1.46 bits per heavy atom. The SMILES string of the molecule is C=C(NC(=O)OC(C)(C)C)C(N)=NC1=NC(c2cccc(Br)c2)=CSC1. The molecule has 1 heterocycles. The van der Waals surface area contributed by atoms with E-state index in [-0.39, 0.29) is 11.5 Å². The molecule has 1 amide bonds. The third-order valence-electron chi connectivity index (χ3n) is 2.99. The molecule has 0 aromatic heterocycles. The molecule has 0 fully saturated rings. The molecular weight excluding hydrogens is 416 g/mol. The van der Waals surface area contributed by atoms with Gasteiger partial charge in [-0.2, -0.15) is 0 Å². The van der Waals surface area contributed by atoms with Crippen molar-refractivity contribution in [1.82, 2.24) is 5.32 Å². The number of ether oxygens (including phenoxy) is 1. The fraction of sp³-hybridized carbons (Fsp3) is 0.278. The molecule has 1 aromatic rings. The summed E-state index contributed by atoms with van der Waals surface area (Å²) in [6.45, 7) is 9.05. The monoisotopic (exact) mass is 436 g/mol. The van der Waals surface area contributed by atoms with Crippen molar-refractivity contribution >= 4 is 51.2 Å². The molecule has 1 aromatic carbocycles. The number of nitrogens with zero attached hydrogens (tertiary/aromatic N) is 2. The standard InChI is InChI=1S/C18H21BrN4O2S/c1-11(21-17(24)25-18(2,3)4)16(20)23-15-10-26-9-14(22-15)12-6-5-7-13(19)8-12/h5-9H,1,10H2,2-4H3,(H,21,24)(H2,20,22,23). The first-order valence-corrected chi connectivity index (χ1v) is 9.67. The third-order valence-corrected chi connectivity index (χ3v) is 4.30. The lowest BCUT2D eigenvalue weighted by molar-refractivity contribution is 0.0549. The number of amides is 1. The van der Waals surface area contributed by atoms with E-state index >= 15 is 0 Å². The molecule has 138 valence electrons. The van der Waals surface area contributed by atoms with Crippen LogP contribution >= 0.6 is 27.7 Å². The Bertz CT molecular complexity index is 810. The van der Waals surface area contributed by atoms with E-state index in [0.29, 0.717) is 11.6 Å². The van der Waals surface area contributed by atoms with Crippen LogP contribution in [0.4, 0.5) is 4.79 Å². The summed E-state index contributed by atoms with van der Waals surface area (Å²) in [6, 6.07) is 7.85. The average molecular weight is 437 g/mol. The highest BCUT2D eigenvalue weighted by molar-refractivity contribution is 9.10. The number of halogens is 1. The van der Waals surface area contributed by atoms with Crippen molar-refractivity contribution in [1.29, 1.82) is 0 Å². The van der Waals surface area contributed by atoms with E-state index < -0.39 is 11.7 Å². The molecule has 0 atom stereocenters. The van der Waals surface area contributed by atoms with Crippen LogP contribution in [0.2, 0.25) is 0 Å². The number of benzene rings is 1. The van der Waals surface area contributed by atoms with Gasteiger partial charge in [-0.25, -0.2) is 14.8 Å². The summed E-state index contributed by atoms with van der Waals surface area (Å²) >= 11 is 5.03. The normalized spacial score (nSPS) is 15.0. The molecule has 0 radical (unpaired) electrons. The average Bonchev–Trinajstić information content (AvgIpc) is 2.53. The fourth-order valence-corrected chi connectivity index (χ4v) is 3.04. The van der Waals surface area contributed by atoms with Gasteiger partial charge < -0.3 is 10.5 Å². The summed E-state index contributed by atoms with van der Waals surface area (Å²) in [5.74, 6) is 1.22. The molecule has 1 aliphatic heterocycles. The fourth-order valence-electron chi connectivity index (χ4n) is 1.93. The number of nitrogens with one attached hydrogen (secondary N) is 1. The molecule has 1 aliphatic rings. The van der Waals surface area contributed by atoms with Gasteiger partial charge in [0.25, 0.3) is 0 Å². The Kier molecular flexibility index (Phi) is 6.66. The van der Waals surface area contributed by atoms with Crippen LogP contribution < -0.4 is 11.1 Å². The molecule has 0 aliphatic carbocycles. The van der Waals surface area contributed by atoms with Gasteiger partial charge in [0.1, 0.15) is 17.3 Å². The van der Waals surface area contributed by atoms with E-state index in [2.05, 4.69) is 37.8 Å². The quantitative estimate of drug-likeness (QED) is 0.546. The first kappa shape index (κ1) is 20.3. The largest absolute Gasteiger partial charge is 0.444 e. The van der Waals surface area contributed by atoms with Crippen LogP contribution in [0.5, 0.6) is 0 Å². The Hall–Kier alpha value is -2.06. The van der Waals surface area contributed by atoms with Crippen molar-refractivity contribution < 1.29 is 9.53 Å². The zero-order valence-corrected chi connectivity index (χ0v) is 17.3. The smallest absolute Gasteiger partial charge is 0.412 e. The molecule has 0 spiro atoms. The summed E-state index contributed by atoms with van der Waals surface area (Å²) < 4.78 is 6.14. The van der Waals surface area contributed by atoms with Crippen molar-refractivity contribution in [2.75, 3.05) is 5.75 Å². The van der Waals surface area contributed by atoms with Crippen molar-refractivity contribution in [2.45, 2.75) is 26.4 Å². The third kappa shape index (κ3) is 6.34. The summed E-state index contributed by atoms with van der Waals surface area (Å²) in [5.41, 5.74) is 7.28. The molecule has 0 unspecified atom stereocenters. The summed E-state index contributed by atoms with van der Waals surface area (Å²) in [6.07, 6.45) is -0.629. The highest BCUT2D eigenvalue weighted by atomic mass is 79.9. The van der Waals surface area contributed by atoms with E-state index in [1.807, 2.05) is 29.7 Å². The van der Waals surface area contributed by atoms with Crippen LogP contribution in [0.15, 0.2) is 56.4 Å². The predicted octanol–water partition coefficient (Wildman–Crippen LogP) is 4.29. The second kappa shape index (κ2) is 8.55. The van der Waals surface area contributed by atoms with Gasteiger partial charge in [0.15, 0.2) is 0 Å². The first-order chi connectivity index (χ1) is 12.1. The van der Waals surface area contributed by atoms with E-state index in [0.717, 1.165) is 15.7 Å². The topological polar surface area (TPSA) is 89.1 Å². The lowest BCUT2D eigenvalue weighted by Crippen LogP contribution is -2.36. The number of carbonyl (C=O) groups is 1. The number of nitrogens with two attached hydrogens (primary N) is 1. The first-order valence-electron chi connectivity index (χ1n) is 7.83. The van der Waals surface area contributed by atoms with Crippen LogP contribution in [0.25, 0.3) is 5.70 Å². The van der Waals surface area contributed by atoms with Crippen molar-refractivity contribution in [2.24, 2.45) is 15.7 Å². The molecular formula is C18H21BrN4O2S. The van der Waals surface area contributed by atoms with Crippen LogP contribution in [0.3, 0.4) is 0 Å². The second-order valence-electron chi connectivity index (χ2n) is 6.45. The summed E-state index contributed by atoms with van der Waals surface area (Å²) in [7, 11) is 0. The van der Waals surface area contributed by atoms with Gasteiger partial charge in [-0.1, -0.05) is 34.6 Å². The Morgan fingerprint density at radius 2 is 2.19 bits per heavy atom. The highest BCUT2D eigenvalue weighted by Crippen LogP contribution is 2.26. The van der Waals surface area contributed by atoms with Crippen LogP contribution in [-0.2, 0) is 4.74 Å². The van der Waals surface area contributed by atoms with Crippen LogP contribution in [0, 0.1) is 0 Å². The minimum absolute atomic E-state index is 0.0886. The lowest BCUT2D eigenvalue weighted by Gasteiger charge is -2.20. The number of carbonyl (C=O) groups excluding carboxylic acids is 1. The number of thioether (sulfide) groups is 1. The van der Waals surface area contributed by atoms with Gasteiger partial charge >= 0.3 is 6.09 Å². The number of amidine groups is 2. The molecule has 26 heavy (non-hydrogen) atoms. The molecule has 3 N–H and O–H groups in total. The molecule has 0 bridgehead atoms. The van der Waals surface area contributed by atoms with Crippen molar-refractivity contribution in [3.05, 3.63) is 52.0 Å². The molecule has 8 heteroatoms. The zero-order chi connectivity index (χ0) is 19.3. The number of aliphatic imine (C=N–C) groups is 2. The van der Waals surface area contributed by atoms with Gasteiger partial charge in [-0.3, -0.25) is 5.32 Å².